The number of hydrogen-bond acceptors (Lipinski definition) is 7. The number of aliphatic hydroxyl groups excluding tert-OH is 1. The summed E-state index contributed by atoms with van der Waals surface area (Å²) in [6.07, 6.45) is 4.88. The molecule has 2 aromatic rings. The molecule has 2 saturated heterocycles. The number of likely N-dealkylation sites (tertiary alicyclic amines) is 1. The average molecular weight is 415 g/mol. The number of amides is 1. The summed E-state index contributed by atoms with van der Waals surface area (Å²) < 4.78 is 8.09. The highest BCUT2D eigenvalue weighted by Gasteiger charge is 2.50. The first-order chi connectivity index (χ1) is 14.4. The van der Waals surface area contributed by atoms with Gasteiger partial charge in [0.2, 0.25) is 0 Å². The van der Waals surface area contributed by atoms with Crippen LogP contribution in [0.25, 0.3) is 0 Å². The number of nitrogens with one attached hydrogen (secondary N) is 1. The van der Waals surface area contributed by atoms with Gasteiger partial charge in [-0.3, -0.25) is 4.79 Å². The molecule has 2 atom stereocenters. The van der Waals surface area contributed by atoms with Crippen molar-refractivity contribution in [2.45, 2.75) is 50.0 Å². The summed E-state index contributed by atoms with van der Waals surface area (Å²) in [6.45, 7) is 5.63. The quantitative estimate of drug-likeness (QED) is 0.662. The lowest BCUT2D eigenvalue weighted by Gasteiger charge is -2.52. The van der Waals surface area contributed by atoms with Gasteiger partial charge in [0.05, 0.1) is 17.7 Å². The lowest BCUT2D eigenvalue weighted by molar-refractivity contribution is -0.177. The molecule has 1 aromatic carbocycles. The number of nitrogens with zero attached hydrogens (tertiary/aromatic N) is 4. The van der Waals surface area contributed by atoms with Gasteiger partial charge in [0.15, 0.2) is 0 Å². The van der Waals surface area contributed by atoms with E-state index in [2.05, 4.69) is 20.4 Å². The van der Waals surface area contributed by atoms with Crippen molar-refractivity contribution in [1.29, 1.82) is 0 Å². The Kier molecular flexibility index (Phi) is 5.77. The van der Waals surface area contributed by atoms with Gasteiger partial charge in [-0.15, -0.1) is 10.2 Å². The molecule has 2 fully saturated rings. The van der Waals surface area contributed by atoms with Gasteiger partial charge < -0.3 is 29.7 Å². The maximum Gasteiger partial charge on any atom is 0.251 e. The summed E-state index contributed by atoms with van der Waals surface area (Å²) in [5.41, 5.74) is -0.786. The van der Waals surface area contributed by atoms with Gasteiger partial charge in [0.1, 0.15) is 24.5 Å². The number of hydrogen-bond donors (Lipinski definition) is 3. The van der Waals surface area contributed by atoms with Crippen LogP contribution in [-0.2, 0) is 11.3 Å². The van der Waals surface area contributed by atoms with Crippen molar-refractivity contribution in [3.63, 3.8) is 0 Å². The van der Waals surface area contributed by atoms with E-state index in [1.807, 2.05) is 11.5 Å². The number of phenols is 1. The normalized spacial score (nSPS) is 26.5. The molecule has 1 spiro atoms. The maximum absolute atomic E-state index is 12.7. The molecule has 0 unspecified atom stereocenters. The number of phenolic OH excluding ortho intramolecular Hbond substituents is 1. The Morgan fingerprint density at radius 2 is 2.00 bits per heavy atom. The van der Waals surface area contributed by atoms with Crippen LogP contribution in [0.3, 0.4) is 0 Å². The molecule has 30 heavy (non-hydrogen) atoms. The summed E-state index contributed by atoms with van der Waals surface area (Å²) in [7, 11) is 0. The fourth-order valence-corrected chi connectivity index (χ4v) is 4.48. The monoisotopic (exact) mass is 415 g/mol. The minimum absolute atomic E-state index is 0.0376. The van der Waals surface area contributed by atoms with Crippen molar-refractivity contribution in [3.8, 4) is 5.75 Å². The molecule has 4 rings (SSSR count). The molecule has 1 aromatic heterocycles. The predicted octanol–water partition coefficient (Wildman–Crippen LogP) is 0.788. The Labute approximate surface area is 175 Å². The van der Waals surface area contributed by atoms with E-state index in [0.717, 1.165) is 39.0 Å². The number of benzene rings is 1. The molecule has 1 amide bonds. The molecule has 9 heteroatoms. The van der Waals surface area contributed by atoms with Crippen LogP contribution in [0, 0.1) is 0 Å². The molecule has 2 aliphatic heterocycles. The summed E-state index contributed by atoms with van der Waals surface area (Å²) in [5, 5.41) is 30.9. The van der Waals surface area contributed by atoms with E-state index in [1.165, 1.54) is 12.1 Å². The molecule has 0 radical (unpaired) electrons. The highest BCUT2D eigenvalue weighted by molar-refractivity contribution is 5.95. The SMILES string of the molecule is C[C@]1(NC(=O)c2cccc(O)c2)CC2(CCN(CCn3cnnc3)CC2)OC[C@@H]1O. The van der Waals surface area contributed by atoms with Gasteiger partial charge in [-0.1, -0.05) is 6.07 Å². The maximum atomic E-state index is 12.7. The summed E-state index contributed by atoms with van der Waals surface area (Å²) in [4.78, 5) is 15.1. The number of ether oxygens (including phenoxy) is 1. The van der Waals surface area contributed by atoms with Crippen LogP contribution < -0.4 is 5.32 Å². The van der Waals surface area contributed by atoms with E-state index < -0.39 is 11.6 Å². The van der Waals surface area contributed by atoms with Gasteiger partial charge in [-0.25, -0.2) is 0 Å². The van der Waals surface area contributed by atoms with Gasteiger partial charge in [-0.05, 0) is 38.0 Å². The predicted molar refractivity (Wildman–Crippen MR) is 109 cm³/mol. The number of aliphatic hydroxyl groups is 1. The minimum atomic E-state index is -0.800. The topological polar surface area (TPSA) is 113 Å². The van der Waals surface area contributed by atoms with Crippen LogP contribution in [0.15, 0.2) is 36.9 Å². The average Bonchev–Trinajstić information content (AvgIpc) is 3.24. The van der Waals surface area contributed by atoms with E-state index in [4.69, 9.17) is 4.74 Å². The number of aromatic nitrogens is 3. The van der Waals surface area contributed by atoms with E-state index in [0.29, 0.717) is 12.0 Å². The Morgan fingerprint density at radius 1 is 1.27 bits per heavy atom. The van der Waals surface area contributed by atoms with Crippen molar-refractivity contribution in [1.82, 2.24) is 25.0 Å². The van der Waals surface area contributed by atoms with Gasteiger partial charge in [0, 0.05) is 38.2 Å². The van der Waals surface area contributed by atoms with Gasteiger partial charge >= 0.3 is 0 Å². The lowest BCUT2D eigenvalue weighted by Crippen LogP contribution is -2.65. The lowest BCUT2D eigenvalue weighted by atomic mass is 9.74. The summed E-state index contributed by atoms with van der Waals surface area (Å²) >= 11 is 0. The van der Waals surface area contributed by atoms with Crippen LogP contribution in [-0.4, -0.2) is 79.3 Å². The Morgan fingerprint density at radius 3 is 2.70 bits per heavy atom. The molecule has 9 nitrogen and oxygen atoms in total. The summed E-state index contributed by atoms with van der Waals surface area (Å²) in [6, 6.07) is 6.22. The van der Waals surface area contributed by atoms with Gasteiger partial charge in [0.25, 0.3) is 5.91 Å². The van der Waals surface area contributed by atoms with Crippen molar-refractivity contribution >= 4 is 5.91 Å². The Balaban J connectivity index is 1.37. The number of carbonyl (C=O) groups is 1. The van der Waals surface area contributed by atoms with Gasteiger partial charge in [-0.2, -0.15) is 0 Å². The van der Waals surface area contributed by atoms with E-state index >= 15 is 0 Å². The van der Waals surface area contributed by atoms with Crippen molar-refractivity contribution in [2.75, 3.05) is 26.2 Å². The first kappa shape index (κ1) is 20.8. The zero-order valence-corrected chi connectivity index (χ0v) is 17.2. The first-order valence-electron chi connectivity index (χ1n) is 10.4. The number of aromatic hydroxyl groups is 1. The second kappa shape index (κ2) is 8.33. The first-order valence-corrected chi connectivity index (χ1v) is 10.4. The zero-order chi connectivity index (χ0) is 21.2. The van der Waals surface area contributed by atoms with E-state index in [1.54, 1.807) is 24.8 Å². The Hall–Kier alpha value is -2.49. The highest BCUT2D eigenvalue weighted by Crippen LogP contribution is 2.39. The zero-order valence-electron chi connectivity index (χ0n) is 17.2. The van der Waals surface area contributed by atoms with Crippen molar-refractivity contribution in [2.24, 2.45) is 0 Å². The molecule has 3 heterocycles. The van der Waals surface area contributed by atoms with Crippen molar-refractivity contribution in [3.05, 3.63) is 42.5 Å². The fourth-order valence-electron chi connectivity index (χ4n) is 4.48. The van der Waals surface area contributed by atoms with Crippen LogP contribution in [0.4, 0.5) is 0 Å². The smallest absolute Gasteiger partial charge is 0.251 e. The van der Waals surface area contributed by atoms with Crippen LogP contribution in [0.2, 0.25) is 0 Å². The number of carbonyl (C=O) groups excluding carboxylic acids is 1. The molecule has 0 aliphatic carbocycles. The van der Waals surface area contributed by atoms with Crippen LogP contribution >= 0.6 is 0 Å². The summed E-state index contributed by atoms with van der Waals surface area (Å²) in [5.74, 6) is -0.272. The molecule has 0 saturated carbocycles. The molecular weight excluding hydrogens is 386 g/mol. The highest BCUT2D eigenvalue weighted by atomic mass is 16.5. The van der Waals surface area contributed by atoms with Crippen LogP contribution in [0.1, 0.15) is 36.5 Å². The molecule has 2 aliphatic rings. The van der Waals surface area contributed by atoms with E-state index in [9.17, 15) is 15.0 Å². The second-order valence-electron chi connectivity index (χ2n) is 8.65. The van der Waals surface area contributed by atoms with E-state index in [-0.39, 0.29) is 23.9 Å². The van der Waals surface area contributed by atoms with Crippen molar-refractivity contribution < 1.29 is 19.7 Å². The Bertz CT molecular complexity index is 866. The standard InChI is InChI=1S/C21H29N5O4/c1-20(24-19(29)16-3-2-4-17(27)11-16)13-21(30-12-18(20)28)5-7-25(8-6-21)9-10-26-14-22-23-15-26/h2-4,11,14-15,18,27-28H,5-10,12-13H2,1H3,(H,24,29)/t18-,20-/m0/s1. The second-order valence-corrected chi connectivity index (χ2v) is 8.65. The third-order valence-corrected chi connectivity index (χ3v) is 6.39. The number of piperidine rings is 1. The molecule has 3 N–H and O–H groups in total. The third-order valence-electron chi connectivity index (χ3n) is 6.39. The fraction of sp³-hybridized carbons (Fsp3) is 0.571. The number of rotatable bonds is 5. The molecular formula is C21H29N5O4. The third kappa shape index (κ3) is 4.48. The largest absolute Gasteiger partial charge is 0.508 e. The minimum Gasteiger partial charge on any atom is -0.508 e. The molecule has 0 bridgehead atoms. The molecule has 162 valence electrons. The van der Waals surface area contributed by atoms with Crippen LogP contribution in [0.5, 0.6) is 5.75 Å².